The maximum atomic E-state index is 12.1. The van der Waals surface area contributed by atoms with Crippen LogP contribution in [-0.4, -0.2) is 26.7 Å². The molecule has 1 aromatic heterocycles. The first-order valence-corrected chi connectivity index (χ1v) is 9.42. The average molecular weight is 350 g/mol. The minimum absolute atomic E-state index is 0.00970. The van der Waals surface area contributed by atoms with E-state index in [0.717, 1.165) is 5.76 Å². The number of carbonyl (C=O) groups excluding carboxylic acids is 1. The summed E-state index contributed by atoms with van der Waals surface area (Å²) in [6.07, 6.45) is 0.346. The molecule has 7 heteroatoms. The number of amides is 2. The molecule has 0 saturated heterocycles. The fourth-order valence-corrected chi connectivity index (χ4v) is 3.55. The number of aryl methyl sites for hydroxylation is 1. The topological polar surface area (TPSA) is 88.4 Å². The first-order chi connectivity index (χ1) is 11.4. The highest BCUT2D eigenvalue weighted by molar-refractivity contribution is 7.91. The number of sulfone groups is 1. The van der Waals surface area contributed by atoms with Crippen LogP contribution in [-0.2, 0) is 9.84 Å². The van der Waals surface area contributed by atoms with Crippen LogP contribution < -0.4 is 10.6 Å². The van der Waals surface area contributed by atoms with Gasteiger partial charge < -0.3 is 15.1 Å². The second-order valence-electron chi connectivity index (χ2n) is 5.56. The number of urea groups is 1. The largest absolute Gasteiger partial charge is 0.464 e. The van der Waals surface area contributed by atoms with Crippen molar-refractivity contribution in [3.05, 3.63) is 54.0 Å². The quantitative estimate of drug-likeness (QED) is 0.752. The van der Waals surface area contributed by atoms with Crippen LogP contribution in [0.25, 0.3) is 0 Å². The van der Waals surface area contributed by atoms with Gasteiger partial charge in [-0.15, -0.1) is 0 Å². The fraction of sp³-hybridized carbons (Fsp3) is 0.353. The van der Waals surface area contributed by atoms with Gasteiger partial charge in [0.15, 0.2) is 9.84 Å². The lowest BCUT2D eigenvalue weighted by Gasteiger charge is -2.12. The smallest absolute Gasteiger partial charge is 0.315 e. The SMILES string of the molecule is Cc1ccc(C(C)NC(=O)NCCCS(=O)(=O)c2ccccc2)o1. The van der Waals surface area contributed by atoms with E-state index in [1.807, 2.05) is 26.0 Å². The highest BCUT2D eigenvalue weighted by Gasteiger charge is 2.15. The summed E-state index contributed by atoms with van der Waals surface area (Å²) in [7, 11) is -3.31. The van der Waals surface area contributed by atoms with Crippen LogP contribution in [0.1, 0.15) is 30.9 Å². The molecule has 6 nitrogen and oxygen atoms in total. The van der Waals surface area contributed by atoms with Crippen molar-refractivity contribution >= 4 is 15.9 Å². The number of nitrogens with one attached hydrogen (secondary N) is 2. The number of rotatable bonds is 7. The maximum Gasteiger partial charge on any atom is 0.315 e. The lowest BCUT2D eigenvalue weighted by Crippen LogP contribution is -2.37. The van der Waals surface area contributed by atoms with Gasteiger partial charge in [-0.3, -0.25) is 0 Å². The van der Waals surface area contributed by atoms with Gasteiger partial charge in [-0.25, -0.2) is 13.2 Å². The second kappa shape index (κ2) is 8.01. The molecule has 130 valence electrons. The van der Waals surface area contributed by atoms with Gasteiger partial charge in [-0.2, -0.15) is 0 Å². The van der Waals surface area contributed by atoms with E-state index in [1.165, 1.54) is 0 Å². The van der Waals surface area contributed by atoms with E-state index in [2.05, 4.69) is 10.6 Å². The van der Waals surface area contributed by atoms with Crippen molar-refractivity contribution in [1.29, 1.82) is 0 Å². The molecule has 2 amide bonds. The Morgan fingerprint density at radius 1 is 1.17 bits per heavy atom. The third-order valence-electron chi connectivity index (χ3n) is 3.51. The Labute approximate surface area is 142 Å². The van der Waals surface area contributed by atoms with Crippen molar-refractivity contribution in [1.82, 2.24) is 10.6 Å². The van der Waals surface area contributed by atoms with Gasteiger partial charge in [0, 0.05) is 6.54 Å². The van der Waals surface area contributed by atoms with Crippen molar-refractivity contribution in [2.45, 2.75) is 31.2 Å². The first kappa shape index (κ1) is 18.1. The fourth-order valence-electron chi connectivity index (χ4n) is 2.21. The second-order valence-corrected chi connectivity index (χ2v) is 7.66. The van der Waals surface area contributed by atoms with Crippen LogP contribution >= 0.6 is 0 Å². The van der Waals surface area contributed by atoms with E-state index in [1.54, 1.807) is 30.3 Å². The average Bonchev–Trinajstić information content (AvgIpc) is 2.99. The molecule has 0 aliphatic rings. The third kappa shape index (κ3) is 5.13. The molecular formula is C17H22N2O4S. The van der Waals surface area contributed by atoms with Crippen molar-refractivity contribution in [2.75, 3.05) is 12.3 Å². The minimum Gasteiger partial charge on any atom is -0.464 e. The van der Waals surface area contributed by atoms with Crippen molar-refractivity contribution in [3.63, 3.8) is 0 Å². The molecule has 1 aromatic carbocycles. The van der Waals surface area contributed by atoms with E-state index in [9.17, 15) is 13.2 Å². The van der Waals surface area contributed by atoms with E-state index < -0.39 is 9.84 Å². The summed E-state index contributed by atoms with van der Waals surface area (Å²) in [4.78, 5) is 12.1. The van der Waals surface area contributed by atoms with Gasteiger partial charge in [0.05, 0.1) is 16.7 Å². The predicted molar refractivity (Wildman–Crippen MR) is 91.5 cm³/mol. The van der Waals surface area contributed by atoms with E-state index in [0.29, 0.717) is 17.1 Å². The third-order valence-corrected chi connectivity index (χ3v) is 5.33. The standard InChI is InChI=1S/C17H22N2O4S/c1-13-9-10-16(23-13)14(2)19-17(20)18-11-6-12-24(21,22)15-7-4-3-5-8-15/h3-5,7-10,14H,6,11-12H2,1-2H3,(H2,18,19,20). The number of hydrogen-bond acceptors (Lipinski definition) is 4. The summed E-state index contributed by atoms with van der Waals surface area (Å²) in [6, 6.07) is 11.3. The molecule has 24 heavy (non-hydrogen) atoms. The van der Waals surface area contributed by atoms with Crippen LogP contribution in [0.2, 0.25) is 0 Å². The number of benzene rings is 1. The Kier molecular flexibility index (Phi) is 6.03. The van der Waals surface area contributed by atoms with Crippen LogP contribution in [0.5, 0.6) is 0 Å². The molecule has 1 heterocycles. The number of furan rings is 1. The van der Waals surface area contributed by atoms with Gasteiger partial charge in [0.2, 0.25) is 0 Å². The highest BCUT2D eigenvalue weighted by atomic mass is 32.2. The van der Waals surface area contributed by atoms with Crippen LogP contribution in [0, 0.1) is 6.92 Å². The summed E-state index contributed by atoms with van der Waals surface area (Å²) in [5, 5.41) is 5.40. The Balaban J connectivity index is 1.73. The molecule has 0 fully saturated rings. The monoisotopic (exact) mass is 350 g/mol. The van der Waals surface area contributed by atoms with Crippen molar-refractivity contribution < 1.29 is 17.6 Å². The zero-order valence-electron chi connectivity index (χ0n) is 13.8. The summed E-state index contributed by atoms with van der Waals surface area (Å²) in [5.41, 5.74) is 0. The molecule has 1 atom stereocenters. The summed E-state index contributed by atoms with van der Waals surface area (Å²) in [5.74, 6) is 1.45. The molecule has 0 bridgehead atoms. The molecular weight excluding hydrogens is 328 g/mol. The van der Waals surface area contributed by atoms with Crippen LogP contribution in [0.15, 0.2) is 51.8 Å². The molecule has 2 aromatic rings. The Bertz CT molecular complexity index is 769. The van der Waals surface area contributed by atoms with Crippen LogP contribution in [0.4, 0.5) is 4.79 Å². The Morgan fingerprint density at radius 2 is 1.88 bits per heavy atom. The molecule has 1 unspecified atom stereocenters. The zero-order chi connectivity index (χ0) is 17.6. The highest BCUT2D eigenvalue weighted by Crippen LogP contribution is 2.15. The van der Waals surface area contributed by atoms with Gasteiger partial charge in [0.1, 0.15) is 11.5 Å². The Morgan fingerprint density at radius 3 is 2.50 bits per heavy atom. The van der Waals surface area contributed by atoms with E-state index in [-0.39, 0.29) is 24.4 Å². The van der Waals surface area contributed by atoms with Crippen molar-refractivity contribution in [2.24, 2.45) is 0 Å². The van der Waals surface area contributed by atoms with Crippen LogP contribution in [0.3, 0.4) is 0 Å². The molecule has 2 rings (SSSR count). The molecule has 0 spiro atoms. The number of hydrogen-bond donors (Lipinski definition) is 2. The normalized spacial score (nSPS) is 12.6. The van der Waals surface area contributed by atoms with E-state index in [4.69, 9.17) is 4.42 Å². The van der Waals surface area contributed by atoms with Gasteiger partial charge >= 0.3 is 6.03 Å². The number of carbonyl (C=O) groups is 1. The van der Waals surface area contributed by atoms with Gasteiger partial charge in [-0.05, 0) is 44.5 Å². The summed E-state index contributed by atoms with van der Waals surface area (Å²) >= 11 is 0. The van der Waals surface area contributed by atoms with Gasteiger partial charge in [-0.1, -0.05) is 18.2 Å². The van der Waals surface area contributed by atoms with E-state index >= 15 is 0 Å². The summed E-state index contributed by atoms with van der Waals surface area (Å²) < 4.78 is 29.6. The molecule has 0 saturated carbocycles. The maximum absolute atomic E-state index is 12.1. The lowest BCUT2D eigenvalue weighted by molar-refractivity contribution is 0.236. The Hall–Kier alpha value is -2.28. The predicted octanol–water partition coefficient (Wildman–Crippen LogP) is 2.81. The molecule has 0 aliphatic carbocycles. The summed E-state index contributed by atoms with van der Waals surface area (Å²) in [6.45, 7) is 3.93. The van der Waals surface area contributed by atoms with Crippen molar-refractivity contribution in [3.8, 4) is 0 Å². The molecule has 0 radical (unpaired) electrons. The molecule has 0 aliphatic heterocycles. The zero-order valence-corrected chi connectivity index (χ0v) is 14.6. The van der Waals surface area contributed by atoms with Gasteiger partial charge in [0.25, 0.3) is 0 Å². The lowest BCUT2D eigenvalue weighted by atomic mass is 10.2. The first-order valence-electron chi connectivity index (χ1n) is 7.77. The molecule has 2 N–H and O–H groups in total. The minimum atomic E-state index is -3.31.